The van der Waals surface area contributed by atoms with E-state index in [4.69, 9.17) is 0 Å². The third-order valence-corrected chi connectivity index (χ3v) is 7.61. The number of hydrogen-bond acceptors (Lipinski definition) is 4. The molecule has 2 atom stereocenters. The first-order valence-corrected chi connectivity index (χ1v) is 13.2. The van der Waals surface area contributed by atoms with E-state index in [2.05, 4.69) is 25.7 Å². The monoisotopic (exact) mass is 541 g/mol. The van der Waals surface area contributed by atoms with Gasteiger partial charge < -0.3 is 5.32 Å². The highest BCUT2D eigenvalue weighted by Gasteiger charge is 2.49. The molecule has 0 saturated heterocycles. The molecule has 39 heavy (non-hydrogen) atoms. The van der Waals surface area contributed by atoms with Crippen molar-refractivity contribution in [1.82, 2.24) is 20.1 Å². The lowest BCUT2D eigenvalue weighted by Crippen LogP contribution is -2.51. The van der Waals surface area contributed by atoms with Crippen LogP contribution in [0.4, 0.5) is 19.0 Å². The van der Waals surface area contributed by atoms with E-state index in [1.54, 1.807) is 25.3 Å². The number of rotatable bonds is 10. The number of nitrogens with zero attached hydrogens (tertiary/aromatic N) is 3. The number of aromatic nitrogens is 4. The van der Waals surface area contributed by atoms with Crippen molar-refractivity contribution in [2.45, 2.75) is 65.0 Å². The van der Waals surface area contributed by atoms with Gasteiger partial charge in [0.05, 0.1) is 5.56 Å². The Morgan fingerprint density at radius 1 is 1.08 bits per heavy atom. The maximum atomic E-state index is 15.1. The number of pyridine rings is 2. The average Bonchev–Trinajstić information content (AvgIpc) is 3.84. The number of carbonyl (C=O) groups excluding carboxylic acids is 2. The van der Waals surface area contributed by atoms with Crippen LogP contribution in [0.25, 0.3) is 11.1 Å². The molecule has 11 heteroatoms. The second kappa shape index (κ2) is 10.8. The van der Waals surface area contributed by atoms with Crippen LogP contribution < -0.4 is 15.6 Å². The van der Waals surface area contributed by atoms with Crippen LogP contribution in [-0.4, -0.2) is 39.0 Å². The van der Waals surface area contributed by atoms with Crippen molar-refractivity contribution in [3.05, 3.63) is 59.6 Å². The zero-order valence-electron chi connectivity index (χ0n) is 22.0. The quantitative estimate of drug-likeness (QED) is 0.369. The molecule has 206 valence electrons. The topological polar surface area (TPSA) is 103 Å². The van der Waals surface area contributed by atoms with Crippen molar-refractivity contribution >= 4 is 17.6 Å². The summed E-state index contributed by atoms with van der Waals surface area (Å²) in [6, 6.07) is 4.12. The minimum Gasteiger partial charge on any atom is -0.337 e. The first-order valence-electron chi connectivity index (χ1n) is 13.2. The van der Waals surface area contributed by atoms with Crippen LogP contribution in [0.15, 0.2) is 36.7 Å². The molecule has 0 bridgehead atoms. The third-order valence-electron chi connectivity index (χ3n) is 7.61. The highest BCUT2D eigenvalue weighted by molar-refractivity contribution is 6.00. The predicted octanol–water partition coefficient (Wildman–Crippen LogP) is 4.51. The van der Waals surface area contributed by atoms with Gasteiger partial charge in [0.25, 0.3) is 24.1 Å². The molecular formula is C28H32F3N6O2+. The summed E-state index contributed by atoms with van der Waals surface area (Å²) in [5.74, 6) is -1.15. The fourth-order valence-electron chi connectivity index (χ4n) is 5.24. The fraction of sp³-hybridized carbons (Fsp3) is 0.464. The Hall–Kier alpha value is -3.76. The Labute approximate surface area is 224 Å². The van der Waals surface area contributed by atoms with E-state index >= 15 is 4.39 Å². The Morgan fingerprint density at radius 2 is 1.77 bits per heavy atom. The zero-order valence-corrected chi connectivity index (χ0v) is 22.0. The Morgan fingerprint density at radius 3 is 2.38 bits per heavy atom. The Balaban J connectivity index is 1.39. The molecule has 3 N–H and O–H groups in total. The first kappa shape index (κ1) is 26.8. The van der Waals surface area contributed by atoms with Crippen molar-refractivity contribution in [2.24, 2.45) is 17.8 Å². The molecule has 3 aromatic rings. The lowest BCUT2D eigenvalue weighted by molar-refractivity contribution is -0.404. The van der Waals surface area contributed by atoms with Gasteiger partial charge in [-0.2, -0.15) is 9.49 Å². The lowest BCUT2D eigenvalue weighted by atomic mass is 9.88. The summed E-state index contributed by atoms with van der Waals surface area (Å²) in [4.78, 5) is 33.8. The lowest BCUT2D eigenvalue weighted by Gasteiger charge is -2.26. The highest BCUT2D eigenvalue weighted by Crippen LogP contribution is 2.51. The van der Waals surface area contributed by atoms with Gasteiger partial charge in [-0.3, -0.25) is 14.5 Å². The van der Waals surface area contributed by atoms with Crippen molar-refractivity contribution in [3.63, 3.8) is 0 Å². The number of H-pyrrole nitrogens is 1. The van der Waals surface area contributed by atoms with Crippen LogP contribution in [0.5, 0.6) is 0 Å². The van der Waals surface area contributed by atoms with Crippen molar-refractivity contribution in [3.8, 4) is 11.1 Å². The van der Waals surface area contributed by atoms with Crippen LogP contribution in [-0.2, 0) is 4.79 Å². The fourth-order valence-corrected chi connectivity index (χ4v) is 5.24. The van der Waals surface area contributed by atoms with E-state index in [9.17, 15) is 18.4 Å². The number of aromatic amines is 1. The van der Waals surface area contributed by atoms with Crippen molar-refractivity contribution < 1.29 is 27.7 Å². The van der Waals surface area contributed by atoms with E-state index in [0.717, 1.165) is 35.9 Å². The SMILES string of the molecule is Cc1cnc(C)c(-c2ccc(NC(=O)[C@@H](NC(=O)c3ccnn3C(C)C(F)F)C(C3CC3)C3CC3)[nH+]c2F)c1. The molecule has 8 nitrogen and oxygen atoms in total. The summed E-state index contributed by atoms with van der Waals surface area (Å²) in [5, 5.41) is 9.44. The van der Waals surface area contributed by atoms with Gasteiger partial charge in [-0.05, 0) is 88.0 Å². The summed E-state index contributed by atoms with van der Waals surface area (Å²) >= 11 is 0. The highest BCUT2D eigenvalue weighted by atomic mass is 19.3. The van der Waals surface area contributed by atoms with Gasteiger partial charge in [-0.25, -0.2) is 23.9 Å². The third kappa shape index (κ3) is 5.81. The molecule has 0 radical (unpaired) electrons. The van der Waals surface area contributed by atoms with E-state index in [0.29, 0.717) is 28.7 Å². The molecule has 3 heterocycles. The minimum absolute atomic E-state index is 0.0463. The zero-order chi connectivity index (χ0) is 27.8. The van der Waals surface area contributed by atoms with Gasteiger partial charge in [0.2, 0.25) is 0 Å². The summed E-state index contributed by atoms with van der Waals surface area (Å²) in [7, 11) is 0. The van der Waals surface area contributed by atoms with E-state index in [-0.39, 0.29) is 17.4 Å². The number of nitrogens with one attached hydrogen (secondary N) is 3. The van der Waals surface area contributed by atoms with E-state index < -0.39 is 36.3 Å². The normalized spacial score (nSPS) is 16.8. The molecule has 0 spiro atoms. The maximum absolute atomic E-state index is 15.1. The maximum Gasteiger partial charge on any atom is 0.330 e. The van der Waals surface area contributed by atoms with Crippen LogP contribution in [0, 0.1) is 37.5 Å². The Bertz CT molecular complexity index is 1370. The first-order chi connectivity index (χ1) is 18.6. The molecule has 0 aromatic carbocycles. The number of amides is 2. The van der Waals surface area contributed by atoms with Crippen LogP contribution in [0.1, 0.15) is 60.4 Å². The number of carbonyl (C=O) groups is 2. The smallest absolute Gasteiger partial charge is 0.330 e. The molecule has 2 saturated carbocycles. The minimum atomic E-state index is -2.71. The van der Waals surface area contributed by atoms with E-state index in [1.807, 2.05) is 13.0 Å². The van der Waals surface area contributed by atoms with Gasteiger partial charge in [0.15, 0.2) is 0 Å². The number of aryl methyl sites for hydroxylation is 2. The molecule has 0 aliphatic heterocycles. The molecule has 2 aliphatic rings. The van der Waals surface area contributed by atoms with Gasteiger partial charge >= 0.3 is 5.91 Å². The van der Waals surface area contributed by atoms with Gasteiger partial charge in [0.1, 0.15) is 17.8 Å². The van der Waals surface area contributed by atoms with E-state index in [1.165, 1.54) is 19.2 Å². The summed E-state index contributed by atoms with van der Waals surface area (Å²) in [6.45, 7) is 4.94. The summed E-state index contributed by atoms with van der Waals surface area (Å²) in [6.07, 6.45) is 4.12. The molecule has 5 rings (SSSR count). The number of anilines is 1. The molecule has 2 fully saturated rings. The second-order valence-electron chi connectivity index (χ2n) is 10.7. The summed E-state index contributed by atoms with van der Waals surface area (Å²) in [5.41, 5.74) is 2.48. The summed E-state index contributed by atoms with van der Waals surface area (Å²) < 4.78 is 42.8. The standard InChI is InChI=1S/C28H31F3N6O2/c1-14-12-20(15(2)32-13-14)19-8-9-22(34-26(19)31)35-28(39)24(23(17-4-5-17)18-6-7-18)36-27(38)21-10-11-33-37(21)16(3)25(29)30/h8-13,16-18,23-25H,4-7H2,1-3H3,(H,36,38)(H,34,35,39)/p+1/t16?,24-/m0/s1. The van der Waals surface area contributed by atoms with Gasteiger partial charge in [0, 0.05) is 29.7 Å². The number of halogens is 3. The van der Waals surface area contributed by atoms with Crippen molar-refractivity contribution in [1.29, 1.82) is 0 Å². The predicted molar refractivity (Wildman–Crippen MR) is 137 cm³/mol. The molecule has 3 aromatic heterocycles. The Kier molecular flexibility index (Phi) is 7.42. The molecular weight excluding hydrogens is 509 g/mol. The average molecular weight is 542 g/mol. The number of alkyl halides is 2. The van der Waals surface area contributed by atoms with Crippen LogP contribution in [0.3, 0.4) is 0 Å². The second-order valence-corrected chi connectivity index (χ2v) is 10.7. The van der Waals surface area contributed by atoms with Crippen LogP contribution in [0.2, 0.25) is 0 Å². The van der Waals surface area contributed by atoms with Crippen LogP contribution >= 0.6 is 0 Å². The molecule has 1 unspecified atom stereocenters. The van der Waals surface area contributed by atoms with Gasteiger partial charge in [-0.1, -0.05) is 0 Å². The molecule has 2 aliphatic carbocycles. The van der Waals surface area contributed by atoms with Gasteiger partial charge in [-0.15, -0.1) is 0 Å². The van der Waals surface area contributed by atoms with Crippen molar-refractivity contribution in [2.75, 3.05) is 5.32 Å². The largest absolute Gasteiger partial charge is 0.337 e. The molecule has 2 amide bonds. The number of hydrogen-bond donors (Lipinski definition) is 2.